The Bertz CT molecular complexity index is 1150. The van der Waals surface area contributed by atoms with Gasteiger partial charge < -0.3 is 14.9 Å². The van der Waals surface area contributed by atoms with E-state index in [9.17, 15) is 9.90 Å². The zero-order valence-corrected chi connectivity index (χ0v) is 17.8. The van der Waals surface area contributed by atoms with Gasteiger partial charge in [-0.2, -0.15) is 0 Å². The first-order chi connectivity index (χ1) is 14.8. The molecule has 0 fully saturated rings. The van der Waals surface area contributed by atoms with Gasteiger partial charge in [-0.3, -0.25) is 4.79 Å². The third kappa shape index (κ3) is 4.33. The number of fused-ring (bicyclic) bond motifs is 1. The summed E-state index contributed by atoms with van der Waals surface area (Å²) < 4.78 is 6.06. The highest BCUT2D eigenvalue weighted by atomic mass is 16.5. The van der Waals surface area contributed by atoms with Gasteiger partial charge in [0.05, 0.1) is 6.42 Å². The van der Waals surface area contributed by atoms with E-state index in [4.69, 9.17) is 9.84 Å². The van der Waals surface area contributed by atoms with Crippen molar-refractivity contribution in [2.24, 2.45) is 0 Å². The smallest absolute Gasteiger partial charge is 0.303 e. The average Bonchev–Trinajstić information content (AvgIpc) is 3.00. The van der Waals surface area contributed by atoms with Crippen molar-refractivity contribution in [3.05, 3.63) is 89.0 Å². The van der Waals surface area contributed by atoms with Crippen LogP contribution in [0.3, 0.4) is 0 Å². The molecule has 1 atom stereocenters. The van der Waals surface area contributed by atoms with Gasteiger partial charge in [-0.25, -0.2) is 0 Å². The maximum atomic E-state index is 11.1. The minimum Gasteiger partial charge on any atom is -0.508 e. The number of carboxylic acids is 1. The van der Waals surface area contributed by atoms with Gasteiger partial charge in [-0.05, 0) is 101 Å². The first kappa shape index (κ1) is 20.7. The second-order valence-electron chi connectivity index (χ2n) is 8.30. The van der Waals surface area contributed by atoms with E-state index in [1.165, 1.54) is 0 Å². The SMILES string of the molecule is C=C1CC(CC(=O)O)c2ccc(OCc3cccc(-c4c(C)cc(O)cc4C)c3)cc21. The second kappa shape index (κ2) is 8.31. The molecule has 0 saturated carbocycles. The number of hydrogen-bond donors (Lipinski definition) is 2. The molecule has 1 unspecified atom stereocenters. The Morgan fingerprint density at radius 2 is 1.84 bits per heavy atom. The molecule has 0 bridgehead atoms. The summed E-state index contributed by atoms with van der Waals surface area (Å²) in [6, 6.07) is 17.6. The van der Waals surface area contributed by atoms with E-state index < -0.39 is 5.97 Å². The second-order valence-corrected chi connectivity index (χ2v) is 8.30. The summed E-state index contributed by atoms with van der Waals surface area (Å²) in [5.41, 5.74) is 8.34. The fraction of sp³-hybridized carbons (Fsp3) is 0.222. The van der Waals surface area contributed by atoms with E-state index in [0.717, 1.165) is 50.3 Å². The summed E-state index contributed by atoms with van der Waals surface area (Å²) in [5, 5.41) is 19.0. The quantitative estimate of drug-likeness (QED) is 0.502. The van der Waals surface area contributed by atoms with Crippen LogP contribution in [0.15, 0.2) is 61.2 Å². The lowest BCUT2D eigenvalue weighted by Gasteiger charge is -2.13. The predicted molar refractivity (Wildman–Crippen MR) is 122 cm³/mol. The summed E-state index contributed by atoms with van der Waals surface area (Å²) >= 11 is 0. The lowest BCUT2D eigenvalue weighted by molar-refractivity contribution is -0.137. The molecule has 158 valence electrons. The monoisotopic (exact) mass is 414 g/mol. The maximum absolute atomic E-state index is 11.1. The van der Waals surface area contributed by atoms with Gasteiger partial charge in [0.25, 0.3) is 0 Å². The van der Waals surface area contributed by atoms with Gasteiger partial charge in [-0.1, -0.05) is 30.8 Å². The van der Waals surface area contributed by atoms with Gasteiger partial charge in [0.15, 0.2) is 0 Å². The van der Waals surface area contributed by atoms with E-state index in [0.29, 0.717) is 13.0 Å². The third-order valence-corrected chi connectivity index (χ3v) is 5.90. The fourth-order valence-corrected chi connectivity index (χ4v) is 4.58. The van der Waals surface area contributed by atoms with Crippen molar-refractivity contribution in [2.75, 3.05) is 0 Å². The van der Waals surface area contributed by atoms with Crippen molar-refractivity contribution in [3.8, 4) is 22.6 Å². The van der Waals surface area contributed by atoms with Crippen LogP contribution in [-0.2, 0) is 11.4 Å². The molecule has 4 heteroatoms. The zero-order valence-electron chi connectivity index (χ0n) is 17.8. The number of benzene rings is 3. The third-order valence-electron chi connectivity index (χ3n) is 5.90. The summed E-state index contributed by atoms with van der Waals surface area (Å²) in [7, 11) is 0. The minimum atomic E-state index is -0.787. The molecule has 0 heterocycles. The van der Waals surface area contributed by atoms with Crippen molar-refractivity contribution in [2.45, 2.75) is 39.2 Å². The molecule has 0 saturated heterocycles. The van der Waals surface area contributed by atoms with Gasteiger partial charge >= 0.3 is 5.97 Å². The fourth-order valence-electron chi connectivity index (χ4n) is 4.58. The van der Waals surface area contributed by atoms with Crippen molar-refractivity contribution in [3.63, 3.8) is 0 Å². The lowest BCUT2D eigenvalue weighted by Crippen LogP contribution is -2.03. The topological polar surface area (TPSA) is 66.8 Å². The number of rotatable bonds is 6. The molecule has 0 aromatic heterocycles. The van der Waals surface area contributed by atoms with Gasteiger partial charge in [0.2, 0.25) is 0 Å². The van der Waals surface area contributed by atoms with Gasteiger partial charge in [0, 0.05) is 0 Å². The predicted octanol–water partition coefficient (Wildman–Crippen LogP) is 6.23. The molecule has 1 aliphatic carbocycles. The number of aryl methyl sites for hydroxylation is 2. The molecule has 3 aromatic rings. The highest BCUT2D eigenvalue weighted by molar-refractivity contribution is 5.77. The largest absolute Gasteiger partial charge is 0.508 e. The number of phenolic OH excluding ortho intramolecular Hbond substituents is 1. The number of phenols is 1. The summed E-state index contributed by atoms with van der Waals surface area (Å²) in [6.07, 6.45) is 0.799. The average molecular weight is 415 g/mol. The Hall–Kier alpha value is -3.53. The van der Waals surface area contributed by atoms with Crippen LogP contribution >= 0.6 is 0 Å². The Labute approximate surface area is 182 Å². The molecule has 31 heavy (non-hydrogen) atoms. The van der Waals surface area contributed by atoms with Crippen LogP contribution in [0.5, 0.6) is 11.5 Å². The molecule has 4 nitrogen and oxygen atoms in total. The molecule has 0 amide bonds. The molecular weight excluding hydrogens is 388 g/mol. The van der Waals surface area contributed by atoms with Crippen LogP contribution < -0.4 is 4.74 Å². The van der Waals surface area contributed by atoms with Crippen molar-refractivity contribution in [1.82, 2.24) is 0 Å². The van der Waals surface area contributed by atoms with E-state index in [1.807, 2.05) is 44.2 Å². The van der Waals surface area contributed by atoms with E-state index >= 15 is 0 Å². The Kier molecular flexibility index (Phi) is 5.55. The van der Waals surface area contributed by atoms with Crippen LogP contribution in [-0.4, -0.2) is 16.2 Å². The number of aliphatic carboxylic acids is 1. The van der Waals surface area contributed by atoms with Crippen LogP contribution in [0.4, 0.5) is 0 Å². The number of allylic oxidation sites excluding steroid dienone is 1. The summed E-state index contributed by atoms with van der Waals surface area (Å²) in [5.74, 6) is 0.229. The van der Waals surface area contributed by atoms with Gasteiger partial charge in [0.1, 0.15) is 18.1 Å². The normalized spacial score (nSPS) is 15.0. The van der Waals surface area contributed by atoms with Crippen LogP contribution in [0, 0.1) is 13.8 Å². The Morgan fingerprint density at radius 3 is 2.55 bits per heavy atom. The standard InChI is InChI=1S/C27H26O4/c1-16-9-21(13-26(29)30)24-8-7-23(14-25(16)24)31-15-19-5-4-6-20(12-19)27-17(2)10-22(28)11-18(27)3/h4-8,10-12,14,21,28H,1,9,13,15H2,2-3H3,(H,29,30). The van der Waals surface area contributed by atoms with Crippen molar-refractivity contribution in [1.29, 1.82) is 0 Å². The molecule has 0 spiro atoms. The molecule has 0 aliphatic heterocycles. The number of carbonyl (C=O) groups is 1. The lowest BCUT2D eigenvalue weighted by atomic mass is 9.94. The van der Waals surface area contributed by atoms with Crippen LogP contribution in [0.2, 0.25) is 0 Å². The zero-order chi connectivity index (χ0) is 22.1. The summed E-state index contributed by atoms with van der Waals surface area (Å²) in [6.45, 7) is 8.54. The molecule has 3 aromatic carbocycles. The number of hydrogen-bond acceptors (Lipinski definition) is 3. The van der Waals surface area contributed by atoms with E-state index in [-0.39, 0.29) is 18.1 Å². The van der Waals surface area contributed by atoms with Crippen LogP contribution in [0.25, 0.3) is 16.7 Å². The number of ether oxygens (including phenoxy) is 1. The molecule has 2 N–H and O–H groups in total. The van der Waals surface area contributed by atoms with Crippen LogP contribution in [0.1, 0.15) is 46.6 Å². The van der Waals surface area contributed by atoms with E-state index in [2.05, 4.69) is 18.7 Å². The molecule has 4 rings (SSSR count). The molecule has 1 aliphatic rings. The van der Waals surface area contributed by atoms with E-state index in [1.54, 1.807) is 12.1 Å². The Morgan fingerprint density at radius 1 is 1.10 bits per heavy atom. The molecular formula is C27H26O4. The van der Waals surface area contributed by atoms with Gasteiger partial charge in [-0.15, -0.1) is 0 Å². The number of aromatic hydroxyl groups is 1. The Balaban J connectivity index is 1.52. The minimum absolute atomic E-state index is 0.0116. The first-order valence-corrected chi connectivity index (χ1v) is 10.4. The highest BCUT2D eigenvalue weighted by Crippen LogP contribution is 2.43. The first-order valence-electron chi connectivity index (χ1n) is 10.4. The van der Waals surface area contributed by atoms with Crippen molar-refractivity contribution < 1.29 is 19.7 Å². The number of carboxylic acid groups (broad SMARTS) is 1. The molecule has 0 radical (unpaired) electrons. The maximum Gasteiger partial charge on any atom is 0.303 e. The summed E-state index contributed by atoms with van der Waals surface area (Å²) in [4.78, 5) is 11.1. The highest BCUT2D eigenvalue weighted by Gasteiger charge is 2.27. The van der Waals surface area contributed by atoms with Crippen molar-refractivity contribution >= 4 is 11.5 Å².